The number of aromatic carboxylic acids is 1. The van der Waals surface area contributed by atoms with Gasteiger partial charge in [-0.25, -0.2) is 9.18 Å². The lowest BCUT2D eigenvalue weighted by molar-refractivity contribution is -0.115. The highest BCUT2D eigenvalue weighted by Crippen LogP contribution is 2.38. The SMILES string of the molecule is O=C(O)c1ccc(Cl)c(NC(=O)C(Sc2cccc(NC(=O)c3ccc(F)cc3)c2)c2ccccc2)c1. The number of carbonyl (C=O) groups is 3. The molecule has 186 valence electrons. The average molecular weight is 535 g/mol. The molecule has 6 nitrogen and oxygen atoms in total. The van der Waals surface area contributed by atoms with Crippen molar-refractivity contribution in [1.82, 2.24) is 0 Å². The molecule has 4 rings (SSSR count). The normalized spacial score (nSPS) is 11.4. The fraction of sp³-hybridized carbons (Fsp3) is 0.0357. The molecule has 9 heteroatoms. The zero-order valence-electron chi connectivity index (χ0n) is 19.2. The number of rotatable bonds is 8. The summed E-state index contributed by atoms with van der Waals surface area (Å²) < 4.78 is 13.2. The molecule has 0 spiro atoms. The number of anilines is 2. The number of carbonyl (C=O) groups excluding carboxylic acids is 2. The molecule has 1 unspecified atom stereocenters. The predicted molar refractivity (Wildman–Crippen MR) is 143 cm³/mol. The van der Waals surface area contributed by atoms with Gasteiger partial charge in [-0.05, 0) is 66.2 Å². The van der Waals surface area contributed by atoms with Crippen molar-refractivity contribution in [3.8, 4) is 0 Å². The summed E-state index contributed by atoms with van der Waals surface area (Å²) in [5, 5.41) is 14.3. The summed E-state index contributed by atoms with van der Waals surface area (Å²) >= 11 is 7.46. The van der Waals surface area contributed by atoms with Crippen molar-refractivity contribution in [2.24, 2.45) is 0 Å². The zero-order chi connectivity index (χ0) is 26.4. The summed E-state index contributed by atoms with van der Waals surface area (Å²) in [4.78, 5) is 38.0. The van der Waals surface area contributed by atoms with E-state index in [1.54, 1.807) is 24.3 Å². The summed E-state index contributed by atoms with van der Waals surface area (Å²) in [7, 11) is 0. The lowest BCUT2D eigenvalue weighted by Crippen LogP contribution is -2.19. The zero-order valence-corrected chi connectivity index (χ0v) is 20.7. The Morgan fingerprint density at radius 2 is 1.51 bits per heavy atom. The van der Waals surface area contributed by atoms with Crippen LogP contribution in [0.1, 0.15) is 31.5 Å². The maximum atomic E-state index is 13.4. The van der Waals surface area contributed by atoms with Gasteiger partial charge in [0.15, 0.2) is 0 Å². The maximum Gasteiger partial charge on any atom is 0.335 e. The second kappa shape index (κ2) is 11.7. The minimum Gasteiger partial charge on any atom is -0.478 e. The lowest BCUT2D eigenvalue weighted by Gasteiger charge is -2.18. The predicted octanol–water partition coefficient (Wildman–Crippen LogP) is 6.90. The molecule has 3 N–H and O–H groups in total. The van der Waals surface area contributed by atoms with Crippen molar-refractivity contribution >= 4 is 52.5 Å². The van der Waals surface area contributed by atoms with Crippen LogP contribution in [0.15, 0.2) is 102 Å². The summed E-state index contributed by atoms with van der Waals surface area (Å²) in [5.41, 5.74) is 1.71. The molecule has 0 saturated carbocycles. The Kier molecular flexibility index (Phi) is 8.22. The van der Waals surface area contributed by atoms with Crippen molar-refractivity contribution < 1.29 is 23.9 Å². The van der Waals surface area contributed by atoms with Gasteiger partial charge in [-0.1, -0.05) is 48.0 Å². The standard InChI is InChI=1S/C28H20ClFN2O4S/c29-23-14-11-19(28(35)36)15-24(23)32-27(34)25(17-5-2-1-3-6-17)37-22-8-4-7-21(16-22)31-26(33)18-9-12-20(30)13-10-18/h1-16,25H,(H,31,33)(H,32,34)(H,35,36). The van der Waals surface area contributed by atoms with Gasteiger partial charge in [0.25, 0.3) is 5.91 Å². The quantitative estimate of drug-likeness (QED) is 0.214. The van der Waals surface area contributed by atoms with E-state index in [-0.39, 0.29) is 16.3 Å². The van der Waals surface area contributed by atoms with Gasteiger partial charge < -0.3 is 15.7 Å². The number of carboxylic acids is 1. The van der Waals surface area contributed by atoms with Gasteiger partial charge in [-0.2, -0.15) is 0 Å². The Balaban J connectivity index is 1.56. The molecule has 37 heavy (non-hydrogen) atoms. The van der Waals surface area contributed by atoms with Crippen LogP contribution in [0.5, 0.6) is 0 Å². The highest BCUT2D eigenvalue weighted by molar-refractivity contribution is 8.00. The van der Waals surface area contributed by atoms with Gasteiger partial charge in [-0.3, -0.25) is 9.59 Å². The van der Waals surface area contributed by atoms with Crippen molar-refractivity contribution in [2.45, 2.75) is 10.1 Å². The first-order chi connectivity index (χ1) is 17.8. The molecule has 2 amide bonds. The molecule has 0 aliphatic carbocycles. The van der Waals surface area contributed by atoms with E-state index in [0.29, 0.717) is 16.1 Å². The number of carboxylic acid groups (broad SMARTS) is 1. The first kappa shape index (κ1) is 25.9. The lowest BCUT2D eigenvalue weighted by atomic mass is 10.1. The number of thioether (sulfide) groups is 1. The second-order valence-corrected chi connectivity index (χ2v) is 9.47. The minimum absolute atomic E-state index is 0.00629. The van der Waals surface area contributed by atoms with Crippen molar-refractivity contribution in [2.75, 3.05) is 10.6 Å². The third kappa shape index (κ3) is 6.75. The number of hydrogen-bond acceptors (Lipinski definition) is 4. The molecule has 4 aromatic carbocycles. The van der Waals surface area contributed by atoms with E-state index in [0.717, 1.165) is 5.56 Å². The highest BCUT2D eigenvalue weighted by Gasteiger charge is 2.23. The van der Waals surface area contributed by atoms with Gasteiger partial charge >= 0.3 is 5.97 Å². The summed E-state index contributed by atoms with van der Waals surface area (Å²) in [6, 6.07) is 25.4. The molecule has 1 atom stereocenters. The van der Waals surface area contributed by atoms with Crippen LogP contribution in [0.3, 0.4) is 0 Å². The highest BCUT2D eigenvalue weighted by atomic mass is 35.5. The third-order valence-corrected chi connectivity index (χ3v) is 6.84. The molecule has 0 fully saturated rings. The fourth-order valence-electron chi connectivity index (χ4n) is 3.44. The number of halogens is 2. The number of nitrogens with one attached hydrogen (secondary N) is 2. The van der Waals surface area contributed by atoms with Gasteiger partial charge in [0.1, 0.15) is 11.1 Å². The van der Waals surface area contributed by atoms with E-state index in [1.807, 2.05) is 30.3 Å². The fourth-order valence-corrected chi connectivity index (χ4v) is 4.69. The van der Waals surface area contributed by atoms with E-state index in [1.165, 1.54) is 54.2 Å². The van der Waals surface area contributed by atoms with E-state index in [2.05, 4.69) is 10.6 Å². The molecule has 0 saturated heterocycles. The van der Waals surface area contributed by atoms with Gasteiger partial charge in [0, 0.05) is 16.1 Å². The number of amides is 2. The van der Waals surface area contributed by atoms with Crippen molar-refractivity contribution in [1.29, 1.82) is 0 Å². The first-order valence-corrected chi connectivity index (χ1v) is 12.3. The second-order valence-electron chi connectivity index (χ2n) is 7.89. The topological polar surface area (TPSA) is 95.5 Å². The molecule has 0 bridgehead atoms. The third-order valence-electron chi connectivity index (χ3n) is 5.26. The van der Waals surface area contributed by atoms with Crippen LogP contribution in [0, 0.1) is 5.82 Å². The summed E-state index contributed by atoms with van der Waals surface area (Å²) in [6.07, 6.45) is 0. The Labute approximate surface area is 221 Å². The molecule has 0 heterocycles. The maximum absolute atomic E-state index is 13.4. The molecule has 0 aromatic heterocycles. The van der Waals surface area contributed by atoms with Crippen LogP contribution < -0.4 is 10.6 Å². The first-order valence-electron chi connectivity index (χ1n) is 11.0. The molecular weight excluding hydrogens is 515 g/mol. The number of hydrogen-bond donors (Lipinski definition) is 3. The molecule has 4 aromatic rings. The summed E-state index contributed by atoms with van der Waals surface area (Å²) in [5.74, 6) is -2.37. The van der Waals surface area contributed by atoms with Gasteiger partial charge in [0.05, 0.1) is 16.3 Å². The van der Waals surface area contributed by atoms with Crippen LogP contribution in [0.2, 0.25) is 5.02 Å². The van der Waals surface area contributed by atoms with Crippen LogP contribution in [0.25, 0.3) is 0 Å². The van der Waals surface area contributed by atoms with E-state index in [4.69, 9.17) is 11.6 Å². The molecule has 0 aliphatic rings. The molecule has 0 aliphatic heterocycles. The van der Waals surface area contributed by atoms with Crippen molar-refractivity contribution in [3.63, 3.8) is 0 Å². The smallest absolute Gasteiger partial charge is 0.335 e. The van der Waals surface area contributed by atoms with Gasteiger partial charge in [0.2, 0.25) is 5.91 Å². The largest absolute Gasteiger partial charge is 0.478 e. The van der Waals surface area contributed by atoms with Crippen LogP contribution >= 0.6 is 23.4 Å². The number of benzene rings is 4. The average Bonchev–Trinajstić information content (AvgIpc) is 2.89. The van der Waals surface area contributed by atoms with Crippen LogP contribution in [-0.4, -0.2) is 22.9 Å². The van der Waals surface area contributed by atoms with Crippen LogP contribution in [-0.2, 0) is 4.79 Å². The van der Waals surface area contributed by atoms with E-state index < -0.39 is 28.9 Å². The van der Waals surface area contributed by atoms with Crippen molar-refractivity contribution in [3.05, 3.63) is 125 Å². The minimum atomic E-state index is -1.14. The summed E-state index contributed by atoms with van der Waals surface area (Å²) in [6.45, 7) is 0. The monoisotopic (exact) mass is 534 g/mol. The Hall–Kier alpha value is -4.14. The van der Waals surface area contributed by atoms with E-state index in [9.17, 15) is 23.9 Å². The Morgan fingerprint density at radius 3 is 2.22 bits per heavy atom. The van der Waals surface area contributed by atoms with E-state index >= 15 is 0 Å². The Bertz CT molecular complexity index is 1450. The molecular formula is C28H20ClFN2O4S. The molecule has 0 radical (unpaired) electrons. The van der Waals surface area contributed by atoms with Gasteiger partial charge in [-0.15, -0.1) is 11.8 Å². The Morgan fingerprint density at radius 1 is 0.811 bits per heavy atom. The van der Waals surface area contributed by atoms with Crippen LogP contribution in [0.4, 0.5) is 15.8 Å².